The molecule has 1 unspecified atom stereocenters. The standard InChI is InChI=1S/C15H13NO2/c16-11-7-5-10(6-8-11)15-9-13(17)12-3-1-2-4-14(12)18-15/h1-8,15H,9,16H2. The number of hydrogen-bond donors (Lipinski definition) is 1. The van der Waals surface area contributed by atoms with Gasteiger partial charge in [-0.25, -0.2) is 0 Å². The normalized spacial score (nSPS) is 18.0. The SMILES string of the molecule is Nc1ccc(C2CC(=O)c3ccccc3O2)cc1. The predicted molar refractivity (Wildman–Crippen MR) is 69.6 cm³/mol. The molecule has 3 nitrogen and oxygen atoms in total. The Labute approximate surface area is 105 Å². The molecule has 90 valence electrons. The topological polar surface area (TPSA) is 52.3 Å². The summed E-state index contributed by atoms with van der Waals surface area (Å²) in [7, 11) is 0. The molecule has 18 heavy (non-hydrogen) atoms. The van der Waals surface area contributed by atoms with Crippen molar-refractivity contribution in [1.29, 1.82) is 0 Å². The highest BCUT2D eigenvalue weighted by Gasteiger charge is 2.26. The van der Waals surface area contributed by atoms with E-state index in [0.717, 1.165) is 5.56 Å². The zero-order chi connectivity index (χ0) is 12.5. The summed E-state index contributed by atoms with van der Waals surface area (Å²) in [6.45, 7) is 0. The molecule has 3 heteroatoms. The number of carbonyl (C=O) groups excluding carboxylic acids is 1. The first-order valence-electron chi connectivity index (χ1n) is 5.88. The highest BCUT2D eigenvalue weighted by Crippen LogP contribution is 2.34. The van der Waals surface area contributed by atoms with Gasteiger partial charge in [0.25, 0.3) is 0 Å². The van der Waals surface area contributed by atoms with Gasteiger partial charge in [-0.05, 0) is 29.8 Å². The Bertz CT molecular complexity index is 590. The fourth-order valence-corrected chi connectivity index (χ4v) is 2.17. The Morgan fingerprint density at radius 2 is 1.78 bits per heavy atom. The van der Waals surface area contributed by atoms with Gasteiger partial charge in [0.15, 0.2) is 5.78 Å². The average molecular weight is 239 g/mol. The Kier molecular flexibility index (Phi) is 2.52. The quantitative estimate of drug-likeness (QED) is 0.778. The van der Waals surface area contributed by atoms with Gasteiger partial charge < -0.3 is 10.5 Å². The van der Waals surface area contributed by atoms with Crippen LogP contribution in [0, 0.1) is 0 Å². The zero-order valence-corrected chi connectivity index (χ0v) is 9.80. The molecule has 0 saturated carbocycles. The van der Waals surface area contributed by atoms with E-state index in [-0.39, 0.29) is 11.9 Å². The second kappa shape index (κ2) is 4.18. The fraction of sp³-hybridized carbons (Fsp3) is 0.133. The van der Waals surface area contributed by atoms with E-state index in [2.05, 4.69) is 0 Å². The van der Waals surface area contributed by atoms with E-state index in [1.165, 1.54) is 0 Å². The van der Waals surface area contributed by atoms with E-state index in [9.17, 15) is 4.79 Å². The van der Waals surface area contributed by atoms with Crippen LogP contribution in [-0.4, -0.2) is 5.78 Å². The molecule has 1 aliphatic rings. The van der Waals surface area contributed by atoms with Crippen molar-refractivity contribution in [3.63, 3.8) is 0 Å². The van der Waals surface area contributed by atoms with Crippen LogP contribution in [0.15, 0.2) is 48.5 Å². The van der Waals surface area contributed by atoms with Crippen LogP contribution in [0.3, 0.4) is 0 Å². The van der Waals surface area contributed by atoms with Gasteiger partial charge >= 0.3 is 0 Å². The third-order valence-electron chi connectivity index (χ3n) is 3.14. The minimum atomic E-state index is -0.215. The average Bonchev–Trinajstić information content (AvgIpc) is 2.39. The predicted octanol–water partition coefficient (Wildman–Crippen LogP) is 2.98. The summed E-state index contributed by atoms with van der Waals surface area (Å²) >= 11 is 0. The number of benzene rings is 2. The molecule has 0 fully saturated rings. The Morgan fingerprint density at radius 1 is 1.06 bits per heavy atom. The molecule has 0 amide bonds. The van der Waals surface area contributed by atoms with Gasteiger partial charge in [-0.15, -0.1) is 0 Å². The maximum absolute atomic E-state index is 12.0. The third kappa shape index (κ3) is 1.84. The lowest BCUT2D eigenvalue weighted by molar-refractivity contribution is 0.0850. The number of nitrogens with two attached hydrogens (primary N) is 1. The van der Waals surface area contributed by atoms with Gasteiger partial charge in [0.2, 0.25) is 0 Å². The van der Waals surface area contributed by atoms with Crippen LogP contribution in [0.5, 0.6) is 5.75 Å². The molecule has 0 bridgehead atoms. The summed E-state index contributed by atoms with van der Waals surface area (Å²) < 4.78 is 5.87. The molecule has 1 heterocycles. The summed E-state index contributed by atoms with van der Waals surface area (Å²) in [4.78, 5) is 12.0. The minimum Gasteiger partial charge on any atom is -0.484 e. The van der Waals surface area contributed by atoms with Crippen molar-refractivity contribution in [3.8, 4) is 5.75 Å². The van der Waals surface area contributed by atoms with Crippen molar-refractivity contribution in [1.82, 2.24) is 0 Å². The van der Waals surface area contributed by atoms with Gasteiger partial charge in [0.05, 0.1) is 12.0 Å². The molecular formula is C15H13NO2. The van der Waals surface area contributed by atoms with Crippen LogP contribution < -0.4 is 10.5 Å². The second-order valence-corrected chi connectivity index (χ2v) is 4.40. The molecule has 2 aromatic rings. The summed E-state index contributed by atoms with van der Waals surface area (Å²) in [5.74, 6) is 0.786. The molecule has 1 atom stereocenters. The number of fused-ring (bicyclic) bond motifs is 1. The third-order valence-corrected chi connectivity index (χ3v) is 3.14. The summed E-state index contributed by atoms with van der Waals surface area (Å²) in [5, 5.41) is 0. The minimum absolute atomic E-state index is 0.124. The molecule has 1 aliphatic heterocycles. The van der Waals surface area contributed by atoms with Crippen molar-refractivity contribution in [2.45, 2.75) is 12.5 Å². The number of rotatable bonds is 1. The number of carbonyl (C=O) groups is 1. The van der Waals surface area contributed by atoms with Crippen LogP contribution in [0.1, 0.15) is 28.4 Å². The summed E-state index contributed by atoms with van der Waals surface area (Å²) in [6.07, 6.45) is 0.161. The molecule has 0 radical (unpaired) electrons. The van der Waals surface area contributed by atoms with Crippen molar-refractivity contribution >= 4 is 11.5 Å². The van der Waals surface area contributed by atoms with E-state index in [4.69, 9.17) is 10.5 Å². The maximum Gasteiger partial charge on any atom is 0.170 e. The van der Waals surface area contributed by atoms with E-state index in [1.807, 2.05) is 42.5 Å². The van der Waals surface area contributed by atoms with Crippen molar-refractivity contribution in [2.75, 3.05) is 5.73 Å². The van der Waals surface area contributed by atoms with E-state index in [0.29, 0.717) is 23.4 Å². The van der Waals surface area contributed by atoms with Crippen LogP contribution >= 0.6 is 0 Å². The molecule has 3 rings (SSSR count). The number of para-hydroxylation sites is 1. The van der Waals surface area contributed by atoms with Gasteiger partial charge in [-0.3, -0.25) is 4.79 Å². The first-order chi connectivity index (χ1) is 8.74. The van der Waals surface area contributed by atoms with Crippen molar-refractivity contribution in [2.24, 2.45) is 0 Å². The number of ether oxygens (including phenoxy) is 1. The second-order valence-electron chi connectivity index (χ2n) is 4.40. The van der Waals surface area contributed by atoms with Crippen LogP contribution in [0.2, 0.25) is 0 Å². The molecule has 0 aromatic heterocycles. The number of hydrogen-bond acceptors (Lipinski definition) is 3. The van der Waals surface area contributed by atoms with Crippen LogP contribution in [0.25, 0.3) is 0 Å². The Hall–Kier alpha value is -2.29. The number of Topliss-reactive ketones (excluding diaryl/α,β-unsaturated/α-hetero) is 1. The lowest BCUT2D eigenvalue weighted by Gasteiger charge is -2.25. The fourth-order valence-electron chi connectivity index (χ4n) is 2.17. The highest BCUT2D eigenvalue weighted by atomic mass is 16.5. The molecule has 0 spiro atoms. The van der Waals surface area contributed by atoms with E-state index < -0.39 is 0 Å². The first-order valence-corrected chi connectivity index (χ1v) is 5.88. The molecule has 2 N–H and O–H groups in total. The molecule has 0 saturated heterocycles. The van der Waals surface area contributed by atoms with Gasteiger partial charge in [-0.1, -0.05) is 24.3 Å². The monoisotopic (exact) mass is 239 g/mol. The zero-order valence-electron chi connectivity index (χ0n) is 9.80. The molecule has 2 aromatic carbocycles. The van der Waals surface area contributed by atoms with Gasteiger partial charge in [0.1, 0.15) is 11.9 Å². The Morgan fingerprint density at radius 3 is 2.56 bits per heavy atom. The summed E-state index contributed by atoms with van der Waals surface area (Å²) in [5.41, 5.74) is 8.01. The van der Waals surface area contributed by atoms with Crippen LogP contribution in [-0.2, 0) is 0 Å². The number of anilines is 1. The van der Waals surface area contributed by atoms with Crippen LogP contribution in [0.4, 0.5) is 5.69 Å². The molecular weight excluding hydrogens is 226 g/mol. The van der Waals surface area contributed by atoms with Gasteiger partial charge in [0, 0.05) is 5.69 Å². The van der Waals surface area contributed by atoms with E-state index >= 15 is 0 Å². The summed E-state index contributed by atoms with van der Waals surface area (Å²) in [6, 6.07) is 14.8. The maximum atomic E-state index is 12.0. The largest absolute Gasteiger partial charge is 0.484 e. The smallest absolute Gasteiger partial charge is 0.170 e. The Balaban J connectivity index is 1.94. The lowest BCUT2D eigenvalue weighted by Crippen LogP contribution is -2.20. The van der Waals surface area contributed by atoms with E-state index in [1.54, 1.807) is 6.07 Å². The lowest BCUT2D eigenvalue weighted by atomic mass is 9.96. The van der Waals surface area contributed by atoms with Crippen molar-refractivity contribution < 1.29 is 9.53 Å². The highest BCUT2D eigenvalue weighted by molar-refractivity contribution is 5.99. The molecule has 0 aliphatic carbocycles. The first kappa shape index (κ1) is 10.8. The number of ketones is 1. The van der Waals surface area contributed by atoms with Crippen molar-refractivity contribution in [3.05, 3.63) is 59.7 Å². The number of nitrogen functional groups attached to an aromatic ring is 1. The van der Waals surface area contributed by atoms with Gasteiger partial charge in [-0.2, -0.15) is 0 Å².